The van der Waals surface area contributed by atoms with E-state index in [-0.39, 0.29) is 0 Å². The van der Waals surface area contributed by atoms with Gasteiger partial charge >= 0.3 is 0 Å². The molecule has 1 aromatic heterocycles. The zero-order valence-corrected chi connectivity index (χ0v) is 17.1. The number of ether oxygens (including phenoxy) is 1. The highest BCUT2D eigenvalue weighted by atomic mass is 32.1. The molecule has 0 radical (unpaired) electrons. The summed E-state index contributed by atoms with van der Waals surface area (Å²) in [5.41, 5.74) is 2.37. The molecular weight excluding hydrogens is 338 g/mol. The number of thiophene rings is 1. The Morgan fingerprint density at radius 1 is 1.00 bits per heavy atom. The van der Waals surface area contributed by atoms with Gasteiger partial charge in [-0.05, 0) is 42.5 Å². The summed E-state index contributed by atoms with van der Waals surface area (Å²) in [6.07, 6.45) is 13.3. The Morgan fingerprint density at radius 3 is 2.35 bits per heavy atom. The van der Waals surface area contributed by atoms with E-state index < -0.39 is 0 Å². The first kappa shape index (κ1) is 20.3. The average molecular weight is 370 g/mol. The Bertz CT molecular complexity index is 680. The topological polar surface area (TPSA) is 12.5 Å². The Balaban J connectivity index is 2.11. The van der Waals surface area contributed by atoms with Gasteiger partial charge in [-0.1, -0.05) is 51.0 Å². The van der Waals surface area contributed by atoms with Crippen LogP contribution in [0, 0.1) is 0 Å². The van der Waals surface area contributed by atoms with Crippen molar-refractivity contribution >= 4 is 29.2 Å². The molecule has 1 aromatic carbocycles. The van der Waals surface area contributed by atoms with Gasteiger partial charge in [0.25, 0.3) is 0 Å². The van der Waals surface area contributed by atoms with Crippen LogP contribution in [0.4, 0.5) is 5.69 Å². The van der Waals surface area contributed by atoms with Crippen LogP contribution in [0.15, 0.2) is 47.9 Å². The molecule has 2 rings (SSSR count). The van der Waals surface area contributed by atoms with Crippen LogP contribution in [0.1, 0.15) is 50.0 Å². The standard InChI is InChI=1S/C23H31NOS/c1-4-6-16-24(17-7-5-2)21-15-14-20(23(19-21)25-3)11-8-9-12-22-13-10-18-26-22/h8-15,18-19H,4-7,16-17H2,1-3H3/b11-8+,12-9?. The zero-order valence-electron chi connectivity index (χ0n) is 16.3. The number of hydrogen-bond acceptors (Lipinski definition) is 3. The maximum absolute atomic E-state index is 5.65. The molecule has 2 aromatic rings. The van der Waals surface area contributed by atoms with E-state index in [1.807, 2.05) is 0 Å². The Morgan fingerprint density at radius 2 is 1.73 bits per heavy atom. The second-order valence-electron chi connectivity index (χ2n) is 6.35. The van der Waals surface area contributed by atoms with Gasteiger partial charge < -0.3 is 9.64 Å². The van der Waals surface area contributed by atoms with E-state index in [2.05, 4.69) is 78.8 Å². The minimum Gasteiger partial charge on any atom is -0.496 e. The van der Waals surface area contributed by atoms with Crippen molar-refractivity contribution in [1.29, 1.82) is 0 Å². The van der Waals surface area contributed by atoms with Gasteiger partial charge in [0.2, 0.25) is 0 Å². The molecule has 0 saturated heterocycles. The SMILES string of the molecule is CCCCN(CCCC)c1ccc(/C=C/C=Cc2cccs2)c(OC)c1. The molecule has 3 heteroatoms. The number of allylic oxidation sites excluding steroid dienone is 2. The third kappa shape index (κ3) is 6.38. The zero-order chi connectivity index (χ0) is 18.6. The van der Waals surface area contributed by atoms with Crippen molar-refractivity contribution in [3.05, 3.63) is 58.3 Å². The summed E-state index contributed by atoms with van der Waals surface area (Å²) in [6, 6.07) is 10.7. The first-order valence-electron chi connectivity index (χ1n) is 9.59. The van der Waals surface area contributed by atoms with Crippen molar-refractivity contribution in [3.63, 3.8) is 0 Å². The molecule has 0 fully saturated rings. The van der Waals surface area contributed by atoms with Crippen LogP contribution >= 0.6 is 11.3 Å². The van der Waals surface area contributed by atoms with Crippen LogP contribution < -0.4 is 9.64 Å². The highest BCUT2D eigenvalue weighted by Crippen LogP contribution is 2.27. The first-order chi connectivity index (χ1) is 12.8. The van der Waals surface area contributed by atoms with Crippen molar-refractivity contribution in [2.75, 3.05) is 25.1 Å². The van der Waals surface area contributed by atoms with Crippen molar-refractivity contribution < 1.29 is 4.74 Å². The summed E-state index contributed by atoms with van der Waals surface area (Å²) >= 11 is 1.74. The molecule has 0 aliphatic heterocycles. The van der Waals surface area contributed by atoms with Crippen molar-refractivity contribution in [2.24, 2.45) is 0 Å². The lowest BCUT2D eigenvalue weighted by molar-refractivity contribution is 0.414. The van der Waals surface area contributed by atoms with E-state index in [1.54, 1.807) is 18.4 Å². The molecule has 0 spiro atoms. The van der Waals surface area contributed by atoms with Crippen LogP contribution in [0.25, 0.3) is 12.2 Å². The lowest BCUT2D eigenvalue weighted by Crippen LogP contribution is -2.25. The number of nitrogens with zero attached hydrogens (tertiary/aromatic N) is 1. The molecule has 0 atom stereocenters. The highest BCUT2D eigenvalue weighted by molar-refractivity contribution is 7.10. The normalized spacial score (nSPS) is 11.5. The summed E-state index contributed by atoms with van der Waals surface area (Å²) in [5, 5.41) is 2.09. The fourth-order valence-corrected chi connectivity index (χ4v) is 3.43. The van der Waals surface area contributed by atoms with Crippen molar-refractivity contribution in [3.8, 4) is 5.75 Å². The number of methoxy groups -OCH3 is 1. The molecule has 0 amide bonds. The molecule has 2 nitrogen and oxygen atoms in total. The molecule has 0 aliphatic carbocycles. The molecule has 0 N–H and O–H groups in total. The van der Waals surface area contributed by atoms with Crippen LogP contribution in [0.3, 0.4) is 0 Å². The molecule has 0 unspecified atom stereocenters. The fraction of sp³-hybridized carbons (Fsp3) is 0.391. The Hall–Kier alpha value is -2.00. The van der Waals surface area contributed by atoms with E-state index >= 15 is 0 Å². The minimum absolute atomic E-state index is 0.932. The summed E-state index contributed by atoms with van der Waals surface area (Å²) < 4.78 is 5.65. The van der Waals surface area contributed by atoms with E-state index in [4.69, 9.17) is 4.74 Å². The van der Waals surface area contributed by atoms with E-state index in [0.717, 1.165) is 24.4 Å². The number of anilines is 1. The minimum atomic E-state index is 0.932. The third-order valence-corrected chi connectivity index (χ3v) is 5.17. The van der Waals surface area contributed by atoms with Gasteiger partial charge in [-0.2, -0.15) is 0 Å². The largest absolute Gasteiger partial charge is 0.496 e. The molecule has 1 heterocycles. The first-order valence-corrected chi connectivity index (χ1v) is 10.5. The second kappa shape index (κ2) is 11.6. The summed E-state index contributed by atoms with van der Waals surface area (Å²) in [6.45, 7) is 6.71. The second-order valence-corrected chi connectivity index (χ2v) is 7.33. The van der Waals surface area contributed by atoms with Crippen LogP contribution in [-0.2, 0) is 0 Å². The average Bonchev–Trinajstić information content (AvgIpc) is 3.19. The summed E-state index contributed by atoms with van der Waals surface area (Å²) in [7, 11) is 1.75. The predicted molar refractivity (Wildman–Crippen MR) is 117 cm³/mol. The fourth-order valence-electron chi connectivity index (χ4n) is 2.80. The summed E-state index contributed by atoms with van der Waals surface area (Å²) in [5.74, 6) is 0.932. The molecule has 0 bridgehead atoms. The van der Waals surface area contributed by atoms with Gasteiger partial charge in [-0.25, -0.2) is 0 Å². The van der Waals surface area contributed by atoms with Crippen LogP contribution in [0.2, 0.25) is 0 Å². The van der Waals surface area contributed by atoms with E-state index in [1.165, 1.54) is 36.2 Å². The third-order valence-electron chi connectivity index (χ3n) is 4.34. The van der Waals surface area contributed by atoms with Gasteiger partial charge in [0.1, 0.15) is 5.75 Å². The lowest BCUT2D eigenvalue weighted by Gasteiger charge is -2.25. The quantitative estimate of drug-likeness (QED) is 0.400. The lowest BCUT2D eigenvalue weighted by atomic mass is 10.1. The number of benzene rings is 1. The molecule has 0 saturated carbocycles. The maximum Gasteiger partial charge on any atom is 0.128 e. The Labute approximate surface area is 162 Å². The predicted octanol–water partition coefficient (Wildman–Crippen LogP) is 6.89. The van der Waals surface area contributed by atoms with Gasteiger partial charge in [-0.15, -0.1) is 11.3 Å². The van der Waals surface area contributed by atoms with E-state index in [9.17, 15) is 0 Å². The van der Waals surface area contributed by atoms with Gasteiger partial charge in [0.05, 0.1) is 7.11 Å². The van der Waals surface area contributed by atoms with Gasteiger partial charge in [-0.3, -0.25) is 0 Å². The van der Waals surface area contributed by atoms with E-state index in [0.29, 0.717) is 0 Å². The summed E-state index contributed by atoms with van der Waals surface area (Å²) in [4.78, 5) is 3.75. The van der Waals surface area contributed by atoms with Gasteiger partial charge in [0, 0.05) is 35.3 Å². The maximum atomic E-state index is 5.65. The highest BCUT2D eigenvalue weighted by Gasteiger charge is 2.09. The molecule has 140 valence electrons. The monoisotopic (exact) mass is 369 g/mol. The van der Waals surface area contributed by atoms with Crippen molar-refractivity contribution in [2.45, 2.75) is 39.5 Å². The van der Waals surface area contributed by atoms with Crippen LogP contribution in [-0.4, -0.2) is 20.2 Å². The molecular formula is C23H31NOS. The number of rotatable bonds is 11. The molecule has 0 aliphatic rings. The Kier molecular flexibility index (Phi) is 9.05. The molecule has 26 heavy (non-hydrogen) atoms. The smallest absolute Gasteiger partial charge is 0.128 e. The van der Waals surface area contributed by atoms with Gasteiger partial charge in [0.15, 0.2) is 0 Å². The van der Waals surface area contributed by atoms with Crippen molar-refractivity contribution in [1.82, 2.24) is 0 Å². The number of unbranched alkanes of at least 4 members (excludes halogenated alkanes) is 2. The number of hydrogen-bond donors (Lipinski definition) is 0. The van der Waals surface area contributed by atoms with Crippen LogP contribution in [0.5, 0.6) is 5.75 Å².